The van der Waals surface area contributed by atoms with E-state index in [1.54, 1.807) is 0 Å². The highest BCUT2D eigenvalue weighted by Gasteiger charge is 2.15. The van der Waals surface area contributed by atoms with Crippen molar-refractivity contribution in [2.45, 2.75) is 38.0 Å². The van der Waals surface area contributed by atoms with Gasteiger partial charge >= 0.3 is 0 Å². The zero-order chi connectivity index (χ0) is 12.1. The quantitative estimate of drug-likeness (QED) is 0.838. The van der Waals surface area contributed by atoms with Gasteiger partial charge in [-0.2, -0.15) is 0 Å². The SMILES string of the molecule is CCC(CO)c1ccc(C2CCCNC2)cc1. The highest BCUT2D eigenvalue weighted by atomic mass is 16.3. The van der Waals surface area contributed by atoms with Crippen molar-refractivity contribution in [2.75, 3.05) is 19.7 Å². The molecule has 1 saturated heterocycles. The fourth-order valence-corrected chi connectivity index (χ4v) is 2.65. The van der Waals surface area contributed by atoms with Crippen LogP contribution in [0.3, 0.4) is 0 Å². The Labute approximate surface area is 104 Å². The molecule has 1 aromatic rings. The third-order valence-corrected chi connectivity index (χ3v) is 3.89. The molecule has 2 rings (SSSR count). The zero-order valence-corrected chi connectivity index (χ0v) is 10.7. The average molecular weight is 233 g/mol. The summed E-state index contributed by atoms with van der Waals surface area (Å²) in [5, 5.41) is 12.7. The maximum Gasteiger partial charge on any atom is 0.0499 e. The maximum atomic E-state index is 9.29. The van der Waals surface area contributed by atoms with E-state index in [-0.39, 0.29) is 6.61 Å². The first-order valence-corrected chi connectivity index (χ1v) is 6.76. The number of aliphatic hydroxyl groups is 1. The lowest BCUT2D eigenvalue weighted by Gasteiger charge is -2.23. The van der Waals surface area contributed by atoms with Crippen molar-refractivity contribution in [1.29, 1.82) is 0 Å². The van der Waals surface area contributed by atoms with Gasteiger partial charge in [-0.05, 0) is 42.9 Å². The molecule has 0 bridgehead atoms. The van der Waals surface area contributed by atoms with Crippen molar-refractivity contribution in [3.63, 3.8) is 0 Å². The van der Waals surface area contributed by atoms with Gasteiger partial charge in [-0.25, -0.2) is 0 Å². The molecular weight excluding hydrogens is 210 g/mol. The van der Waals surface area contributed by atoms with Crippen LogP contribution in [0.2, 0.25) is 0 Å². The molecule has 0 amide bonds. The van der Waals surface area contributed by atoms with Crippen LogP contribution in [0.4, 0.5) is 0 Å². The van der Waals surface area contributed by atoms with E-state index >= 15 is 0 Å². The van der Waals surface area contributed by atoms with Crippen LogP contribution in [-0.4, -0.2) is 24.8 Å². The van der Waals surface area contributed by atoms with Gasteiger partial charge in [0, 0.05) is 19.1 Å². The summed E-state index contributed by atoms with van der Waals surface area (Å²) in [5.74, 6) is 0.973. The normalized spacial score (nSPS) is 22.4. The summed E-state index contributed by atoms with van der Waals surface area (Å²) in [6.07, 6.45) is 3.57. The van der Waals surface area contributed by atoms with Crippen molar-refractivity contribution in [1.82, 2.24) is 5.32 Å². The van der Waals surface area contributed by atoms with Gasteiger partial charge in [-0.1, -0.05) is 31.2 Å². The molecule has 0 aromatic heterocycles. The number of rotatable bonds is 4. The van der Waals surface area contributed by atoms with Gasteiger partial charge in [0.15, 0.2) is 0 Å². The molecule has 2 N–H and O–H groups in total. The Balaban J connectivity index is 2.06. The monoisotopic (exact) mass is 233 g/mol. The van der Waals surface area contributed by atoms with Gasteiger partial charge in [0.05, 0.1) is 0 Å². The lowest BCUT2D eigenvalue weighted by molar-refractivity contribution is 0.262. The molecule has 0 spiro atoms. The highest BCUT2D eigenvalue weighted by molar-refractivity contribution is 5.28. The number of nitrogens with one attached hydrogen (secondary N) is 1. The van der Waals surface area contributed by atoms with Gasteiger partial charge in [0.25, 0.3) is 0 Å². The fraction of sp³-hybridized carbons (Fsp3) is 0.600. The molecule has 1 heterocycles. The molecule has 94 valence electrons. The standard InChI is InChI=1S/C15H23NO/c1-2-12(11-17)13-5-7-14(8-6-13)15-4-3-9-16-10-15/h5-8,12,15-17H,2-4,9-11H2,1H3. The lowest BCUT2D eigenvalue weighted by Crippen LogP contribution is -2.28. The van der Waals surface area contributed by atoms with Gasteiger partial charge < -0.3 is 10.4 Å². The predicted molar refractivity (Wildman–Crippen MR) is 71.4 cm³/mol. The molecular formula is C15H23NO. The molecule has 1 aromatic carbocycles. The molecule has 2 unspecified atom stereocenters. The Bertz CT molecular complexity index is 323. The number of hydrogen-bond donors (Lipinski definition) is 2. The van der Waals surface area contributed by atoms with E-state index in [0.29, 0.717) is 11.8 Å². The predicted octanol–water partition coefficient (Wildman–Crippen LogP) is 2.64. The first-order valence-electron chi connectivity index (χ1n) is 6.76. The minimum atomic E-state index is 0.251. The van der Waals surface area contributed by atoms with Crippen LogP contribution in [0.1, 0.15) is 49.1 Å². The summed E-state index contributed by atoms with van der Waals surface area (Å²) >= 11 is 0. The molecule has 0 aliphatic carbocycles. The van der Waals surface area contributed by atoms with Crippen LogP contribution in [0, 0.1) is 0 Å². The Morgan fingerprint density at radius 2 is 2.12 bits per heavy atom. The Morgan fingerprint density at radius 3 is 2.65 bits per heavy atom. The van der Waals surface area contributed by atoms with Crippen LogP contribution in [-0.2, 0) is 0 Å². The molecule has 17 heavy (non-hydrogen) atoms. The van der Waals surface area contributed by atoms with E-state index in [9.17, 15) is 5.11 Å². The van der Waals surface area contributed by atoms with Crippen molar-refractivity contribution in [3.05, 3.63) is 35.4 Å². The first-order chi connectivity index (χ1) is 8.35. The van der Waals surface area contributed by atoms with Crippen molar-refractivity contribution in [2.24, 2.45) is 0 Å². The van der Waals surface area contributed by atoms with Crippen molar-refractivity contribution >= 4 is 0 Å². The van der Waals surface area contributed by atoms with Crippen molar-refractivity contribution < 1.29 is 5.11 Å². The van der Waals surface area contributed by atoms with Gasteiger partial charge in [-0.15, -0.1) is 0 Å². The van der Waals surface area contributed by atoms with E-state index in [1.807, 2.05) is 0 Å². The maximum absolute atomic E-state index is 9.29. The number of piperidine rings is 1. The molecule has 1 aliphatic heterocycles. The molecule has 0 radical (unpaired) electrons. The summed E-state index contributed by atoms with van der Waals surface area (Å²) in [7, 11) is 0. The van der Waals surface area contributed by atoms with E-state index in [0.717, 1.165) is 19.5 Å². The van der Waals surface area contributed by atoms with E-state index < -0.39 is 0 Å². The van der Waals surface area contributed by atoms with Crippen LogP contribution in [0.25, 0.3) is 0 Å². The largest absolute Gasteiger partial charge is 0.396 e. The lowest BCUT2D eigenvalue weighted by atomic mass is 9.89. The minimum absolute atomic E-state index is 0.251. The smallest absolute Gasteiger partial charge is 0.0499 e. The highest BCUT2D eigenvalue weighted by Crippen LogP contribution is 2.26. The minimum Gasteiger partial charge on any atom is -0.396 e. The van der Waals surface area contributed by atoms with Crippen LogP contribution in [0.5, 0.6) is 0 Å². The van der Waals surface area contributed by atoms with Gasteiger partial charge in [-0.3, -0.25) is 0 Å². The second-order valence-corrected chi connectivity index (χ2v) is 5.00. The summed E-state index contributed by atoms with van der Waals surface area (Å²) in [5.41, 5.74) is 2.70. The topological polar surface area (TPSA) is 32.3 Å². The second kappa shape index (κ2) is 6.18. The van der Waals surface area contributed by atoms with Gasteiger partial charge in [0.2, 0.25) is 0 Å². The average Bonchev–Trinajstić information content (AvgIpc) is 2.42. The Kier molecular flexibility index (Phi) is 4.57. The molecule has 2 atom stereocenters. The summed E-state index contributed by atoms with van der Waals surface area (Å²) in [6.45, 7) is 4.65. The third-order valence-electron chi connectivity index (χ3n) is 3.89. The van der Waals surface area contributed by atoms with Crippen molar-refractivity contribution in [3.8, 4) is 0 Å². The third kappa shape index (κ3) is 3.08. The van der Waals surface area contributed by atoms with Crippen LogP contribution >= 0.6 is 0 Å². The molecule has 2 heteroatoms. The van der Waals surface area contributed by atoms with Crippen LogP contribution < -0.4 is 5.32 Å². The van der Waals surface area contributed by atoms with E-state index in [2.05, 4.69) is 36.5 Å². The number of hydrogen-bond acceptors (Lipinski definition) is 2. The molecule has 2 nitrogen and oxygen atoms in total. The van der Waals surface area contributed by atoms with E-state index in [4.69, 9.17) is 0 Å². The molecule has 0 saturated carbocycles. The number of aliphatic hydroxyl groups excluding tert-OH is 1. The molecule has 1 fully saturated rings. The summed E-state index contributed by atoms with van der Waals surface area (Å²) < 4.78 is 0. The summed E-state index contributed by atoms with van der Waals surface area (Å²) in [4.78, 5) is 0. The fourth-order valence-electron chi connectivity index (χ4n) is 2.65. The van der Waals surface area contributed by atoms with E-state index in [1.165, 1.54) is 24.0 Å². The summed E-state index contributed by atoms with van der Waals surface area (Å²) in [6, 6.07) is 8.86. The molecule has 1 aliphatic rings. The first kappa shape index (κ1) is 12.6. The second-order valence-electron chi connectivity index (χ2n) is 5.00. The Hall–Kier alpha value is -0.860. The Morgan fingerprint density at radius 1 is 1.35 bits per heavy atom. The number of benzene rings is 1. The van der Waals surface area contributed by atoms with Crippen LogP contribution in [0.15, 0.2) is 24.3 Å². The van der Waals surface area contributed by atoms with Gasteiger partial charge in [0.1, 0.15) is 0 Å². The zero-order valence-electron chi connectivity index (χ0n) is 10.7.